The SMILES string of the molecule is O=C(Nc1ccc(OCc2cccnc2)cc1)c1cc(Cl)ccc1Br. The Balaban J connectivity index is 1.62. The van der Waals surface area contributed by atoms with Crippen LogP contribution in [0.3, 0.4) is 0 Å². The van der Waals surface area contributed by atoms with Crippen LogP contribution in [0.2, 0.25) is 5.02 Å². The summed E-state index contributed by atoms with van der Waals surface area (Å²) in [7, 11) is 0. The Morgan fingerprint density at radius 2 is 1.96 bits per heavy atom. The molecule has 1 aromatic heterocycles. The lowest BCUT2D eigenvalue weighted by Crippen LogP contribution is -2.12. The lowest BCUT2D eigenvalue weighted by atomic mass is 10.2. The molecule has 0 saturated heterocycles. The molecule has 25 heavy (non-hydrogen) atoms. The molecule has 4 nitrogen and oxygen atoms in total. The average Bonchev–Trinajstić information content (AvgIpc) is 2.64. The van der Waals surface area contributed by atoms with E-state index in [-0.39, 0.29) is 5.91 Å². The van der Waals surface area contributed by atoms with Crippen LogP contribution in [0.1, 0.15) is 15.9 Å². The first-order valence-electron chi connectivity index (χ1n) is 7.50. The Morgan fingerprint density at radius 1 is 1.16 bits per heavy atom. The van der Waals surface area contributed by atoms with E-state index in [9.17, 15) is 4.79 Å². The van der Waals surface area contributed by atoms with Crippen LogP contribution < -0.4 is 10.1 Å². The molecular weight excluding hydrogens is 404 g/mol. The van der Waals surface area contributed by atoms with Crippen molar-refractivity contribution in [2.45, 2.75) is 6.61 Å². The van der Waals surface area contributed by atoms with Gasteiger partial charge in [-0.15, -0.1) is 0 Å². The van der Waals surface area contributed by atoms with Gasteiger partial charge in [0.05, 0.1) is 5.56 Å². The van der Waals surface area contributed by atoms with E-state index in [4.69, 9.17) is 16.3 Å². The number of aromatic nitrogens is 1. The molecule has 0 aliphatic carbocycles. The monoisotopic (exact) mass is 416 g/mol. The van der Waals surface area contributed by atoms with Gasteiger partial charge >= 0.3 is 0 Å². The highest BCUT2D eigenvalue weighted by molar-refractivity contribution is 9.10. The average molecular weight is 418 g/mol. The Morgan fingerprint density at radius 3 is 2.68 bits per heavy atom. The van der Waals surface area contributed by atoms with E-state index in [1.54, 1.807) is 54.9 Å². The Bertz CT molecular complexity index is 870. The zero-order valence-electron chi connectivity index (χ0n) is 13.1. The van der Waals surface area contributed by atoms with Crippen molar-refractivity contribution in [2.24, 2.45) is 0 Å². The third kappa shape index (κ3) is 4.81. The molecule has 6 heteroatoms. The van der Waals surface area contributed by atoms with Crippen LogP contribution in [-0.2, 0) is 6.61 Å². The molecule has 0 saturated carbocycles. The third-order valence-electron chi connectivity index (χ3n) is 3.41. The van der Waals surface area contributed by atoms with Crippen molar-refractivity contribution in [1.82, 2.24) is 4.98 Å². The Labute approximate surface area is 158 Å². The van der Waals surface area contributed by atoms with Gasteiger partial charge in [-0.3, -0.25) is 9.78 Å². The normalized spacial score (nSPS) is 10.3. The third-order valence-corrected chi connectivity index (χ3v) is 4.34. The summed E-state index contributed by atoms with van der Waals surface area (Å²) in [6.45, 7) is 0.439. The maximum atomic E-state index is 12.3. The molecular formula is C19H14BrClN2O2. The highest BCUT2D eigenvalue weighted by Gasteiger charge is 2.11. The minimum Gasteiger partial charge on any atom is -0.489 e. The quantitative estimate of drug-likeness (QED) is 0.610. The molecule has 2 aromatic carbocycles. The highest BCUT2D eigenvalue weighted by atomic mass is 79.9. The number of halogens is 2. The van der Waals surface area contributed by atoms with Crippen molar-refractivity contribution in [2.75, 3.05) is 5.32 Å². The van der Waals surface area contributed by atoms with E-state index < -0.39 is 0 Å². The number of carbonyl (C=O) groups excluding carboxylic acids is 1. The molecule has 0 radical (unpaired) electrons. The second-order valence-electron chi connectivity index (χ2n) is 5.25. The molecule has 0 fully saturated rings. The Kier molecular flexibility index (Phi) is 5.68. The number of nitrogens with zero attached hydrogens (tertiary/aromatic N) is 1. The fourth-order valence-corrected chi connectivity index (χ4v) is 2.75. The van der Waals surface area contributed by atoms with Crippen LogP contribution in [0.25, 0.3) is 0 Å². The lowest BCUT2D eigenvalue weighted by Gasteiger charge is -2.09. The van der Waals surface area contributed by atoms with Crippen molar-refractivity contribution >= 4 is 39.1 Å². The predicted molar refractivity (Wildman–Crippen MR) is 102 cm³/mol. The number of rotatable bonds is 5. The van der Waals surface area contributed by atoms with Gasteiger partial charge in [0.1, 0.15) is 12.4 Å². The molecule has 1 heterocycles. The smallest absolute Gasteiger partial charge is 0.256 e. The van der Waals surface area contributed by atoms with Gasteiger partial charge in [-0.1, -0.05) is 17.7 Å². The number of amides is 1. The highest BCUT2D eigenvalue weighted by Crippen LogP contribution is 2.23. The summed E-state index contributed by atoms with van der Waals surface area (Å²) >= 11 is 9.30. The minimum absolute atomic E-state index is 0.238. The Hall–Kier alpha value is -2.37. The van der Waals surface area contributed by atoms with Crippen LogP contribution in [0.4, 0.5) is 5.69 Å². The van der Waals surface area contributed by atoms with Crippen molar-refractivity contribution in [3.8, 4) is 5.75 Å². The van der Waals surface area contributed by atoms with Crippen LogP contribution >= 0.6 is 27.5 Å². The van der Waals surface area contributed by atoms with Crippen LogP contribution in [0, 0.1) is 0 Å². The van der Waals surface area contributed by atoms with Gasteiger partial charge in [-0.05, 0) is 64.5 Å². The fraction of sp³-hybridized carbons (Fsp3) is 0.0526. The molecule has 0 atom stereocenters. The molecule has 0 bridgehead atoms. The fourth-order valence-electron chi connectivity index (χ4n) is 2.15. The molecule has 3 aromatic rings. The van der Waals surface area contributed by atoms with Crippen molar-refractivity contribution in [3.63, 3.8) is 0 Å². The molecule has 126 valence electrons. The van der Waals surface area contributed by atoms with Gasteiger partial charge in [0, 0.05) is 33.1 Å². The number of nitrogens with one attached hydrogen (secondary N) is 1. The number of anilines is 1. The molecule has 1 amide bonds. The maximum Gasteiger partial charge on any atom is 0.256 e. The minimum atomic E-state index is -0.238. The maximum absolute atomic E-state index is 12.3. The van der Waals surface area contributed by atoms with E-state index in [0.29, 0.717) is 33.1 Å². The number of pyridine rings is 1. The van der Waals surface area contributed by atoms with Gasteiger partial charge in [-0.2, -0.15) is 0 Å². The van der Waals surface area contributed by atoms with E-state index in [1.165, 1.54) is 0 Å². The number of hydrogen-bond donors (Lipinski definition) is 1. The summed E-state index contributed by atoms with van der Waals surface area (Å²) < 4.78 is 6.38. The van der Waals surface area contributed by atoms with Crippen LogP contribution in [0.5, 0.6) is 5.75 Å². The van der Waals surface area contributed by atoms with E-state index in [2.05, 4.69) is 26.2 Å². The van der Waals surface area contributed by atoms with Crippen molar-refractivity contribution < 1.29 is 9.53 Å². The number of ether oxygens (including phenoxy) is 1. The van der Waals surface area contributed by atoms with Crippen LogP contribution in [0.15, 0.2) is 71.5 Å². The zero-order chi connectivity index (χ0) is 17.6. The number of hydrogen-bond acceptors (Lipinski definition) is 3. The first kappa shape index (κ1) is 17.5. The standard InChI is InChI=1S/C19H14BrClN2O2/c20-18-8-3-14(21)10-17(18)19(24)23-15-4-6-16(7-5-15)25-12-13-2-1-9-22-11-13/h1-11H,12H2,(H,23,24). The molecule has 0 unspecified atom stereocenters. The van der Waals surface area contributed by atoms with Crippen molar-refractivity contribution in [1.29, 1.82) is 0 Å². The molecule has 0 aliphatic heterocycles. The van der Waals surface area contributed by atoms with Gasteiger partial charge in [-0.25, -0.2) is 0 Å². The van der Waals surface area contributed by atoms with E-state index in [0.717, 1.165) is 5.56 Å². The molecule has 0 aliphatic rings. The summed E-state index contributed by atoms with van der Waals surface area (Å²) in [5.74, 6) is 0.476. The van der Waals surface area contributed by atoms with Gasteiger partial charge in [0.2, 0.25) is 0 Å². The summed E-state index contributed by atoms with van der Waals surface area (Å²) in [4.78, 5) is 16.4. The second-order valence-corrected chi connectivity index (χ2v) is 6.54. The molecule has 0 spiro atoms. The predicted octanol–water partition coefficient (Wildman–Crippen LogP) is 5.33. The van der Waals surface area contributed by atoms with E-state index in [1.807, 2.05) is 12.1 Å². The van der Waals surface area contributed by atoms with Gasteiger partial charge < -0.3 is 10.1 Å². The summed E-state index contributed by atoms with van der Waals surface area (Å²) in [5, 5.41) is 3.34. The van der Waals surface area contributed by atoms with Crippen LogP contribution in [-0.4, -0.2) is 10.9 Å². The lowest BCUT2D eigenvalue weighted by molar-refractivity contribution is 0.102. The van der Waals surface area contributed by atoms with E-state index >= 15 is 0 Å². The zero-order valence-corrected chi connectivity index (χ0v) is 15.4. The van der Waals surface area contributed by atoms with Gasteiger partial charge in [0.15, 0.2) is 0 Å². The summed E-state index contributed by atoms with van der Waals surface area (Å²) in [6.07, 6.45) is 3.48. The largest absolute Gasteiger partial charge is 0.489 e. The second kappa shape index (κ2) is 8.14. The summed E-state index contributed by atoms with van der Waals surface area (Å²) in [6, 6.07) is 16.1. The topological polar surface area (TPSA) is 51.2 Å². The van der Waals surface area contributed by atoms with Crippen molar-refractivity contribution in [3.05, 3.63) is 87.6 Å². The molecule has 3 rings (SSSR count). The number of carbonyl (C=O) groups is 1. The molecule has 1 N–H and O–H groups in total. The first-order chi connectivity index (χ1) is 12.1. The first-order valence-corrected chi connectivity index (χ1v) is 8.67. The number of benzene rings is 2. The van der Waals surface area contributed by atoms with Gasteiger partial charge in [0.25, 0.3) is 5.91 Å². The summed E-state index contributed by atoms with van der Waals surface area (Å²) in [5.41, 5.74) is 2.14.